The predicted molar refractivity (Wildman–Crippen MR) is 49.1 cm³/mol. The Morgan fingerprint density at radius 2 is 1.86 bits per heavy atom. The normalized spacial score (nSPS) is 35.6. The Labute approximate surface area is 82.5 Å². The van der Waals surface area contributed by atoms with E-state index in [2.05, 4.69) is 0 Å². The topological polar surface area (TPSA) is 46.2 Å². The molecule has 0 spiro atoms. The Hall–Kier alpha value is -0.220. The van der Waals surface area contributed by atoms with Crippen molar-refractivity contribution in [3.05, 3.63) is 0 Å². The van der Waals surface area contributed by atoms with Gasteiger partial charge in [0.15, 0.2) is 0 Å². The highest BCUT2D eigenvalue weighted by atomic mass is 19.3. The lowest BCUT2D eigenvalue weighted by molar-refractivity contribution is 0.0449. The summed E-state index contributed by atoms with van der Waals surface area (Å²) in [5.74, 6) is -3.16. The van der Waals surface area contributed by atoms with E-state index in [0.29, 0.717) is 0 Å². The first-order valence-electron chi connectivity index (χ1n) is 5.29. The highest BCUT2D eigenvalue weighted by Gasteiger charge is 2.58. The molecule has 4 heteroatoms. The standard InChI is InChI=1S/C10H17F2NO/c11-10(12)6-7(10)5-8(14)9(13)3-1-2-4-9/h7-8,14H,1-6,13H2. The van der Waals surface area contributed by atoms with Crippen LogP contribution in [0, 0.1) is 5.92 Å². The Morgan fingerprint density at radius 1 is 1.36 bits per heavy atom. The minimum Gasteiger partial charge on any atom is -0.391 e. The number of hydrogen-bond donors (Lipinski definition) is 2. The van der Waals surface area contributed by atoms with Gasteiger partial charge in [0, 0.05) is 17.9 Å². The molecule has 2 nitrogen and oxygen atoms in total. The third-order valence-corrected chi connectivity index (χ3v) is 3.66. The van der Waals surface area contributed by atoms with Crippen LogP contribution in [0.2, 0.25) is 0 Å². The van der Waals surface area contributed by atoms with E-state index in [4.69, 9.17) is 5.73 Å². The van der Waals surface area contributed by atoms with Crippen LogP contribution < -0.4 is 5.73 Å². The van der Waals surface area contributed by atoms with E-state index in [9.17, 15) is 13.9 Å². The Bertz CT molecular complexity index is 226. The van der Waals surface area contributed by atoms with Crippen molar-refractivity contribution in [3.8, 4) is 0 Å². The molecule has 0 amide bonds. The van der Waals surface area contributed by atoms with Crippen LogP contribution in [0.1, 0.15) is 38.5 Å². The van der Waals surface area contributed by atoms with Gasteiger partial charge in [0.05, 0.1) is 6.10 Å². The van der Waals surface area contributed by atoms with Gasteiger partial charge in [-0.3, -0.25) is 0 Å². The van der Waals surface area contributed by atoms with Gasteiger partial charge in [-0.15, -0.1) is 0 Å². The third-order valence-electron chi connectivity index (χ3n) is 3.66. The van der Waals surface area contributed by atoms with E-state index >= 15 is 0 Å². The number of alkyl halides is 2. The number of halogens is 2. The van der Waals surface area contributed by atoms with Crippen LogP contribution in [0.4, 0.5) is 8.78 Å². The lowest BCUT2D eigenvalue weighted by Crippen LogP contribution is -2.48. The van der Waals surface area contributed by atoms with Crippen LogP contribution in [0.3, 0.4) is 0 Å². The molecular formula is C10H17F2NO. The largest absolute Gasteiger partial charge is 0.391 e. The predicted octanol–water partition coefficient (Wildman–Crippen LogP) is 1.66. The van der Waals surface area contributed by atoms with Gasteiger partial charge in [0.2, 0.25) is 0 Å². The molecule has 0 bridgehead atoms. The molecule has 82 valence electrons. The van der Waals surface area contributed by atoms with Gasteiger partial charge >= 0.3 is 0 Å². The Morgan fingerprint density at radius 3 is 2.29 bits per heavy atom. The van der Waals surface area contributed by atoms with Crippen molar-refractivity contribution in [3.63, 3.8) is 0 Å². The quantitative estimate of drug-likeness (QED) is 0.736. The van der Waals surface area contributed by atoms with E-state index in [1.165, 1.54) is 0 Å². The molecule has 0 aliphatic heterocycles. The van der Waals surface area contributed by atoms with E-state index in [-0.39, 0.29) is 12.8 Å². The zero-order valence-corrected chi connectivity index (χ0v) is 8.18. The molecule has 14 heavy (non-hydrogen) atoms. The zero-order chi connectivity index (χ0) is 10.4. The van der Waals surface area contributed by atoms with E-state index in [1.807, 2.05) is 0 Å². The molecule has 0 aromatic heterocycles. The molecule has 0 saturated heterocycles. The number of rotatable bonds is 3. The van der Waals surface area contributed by atoms with Gasteiger partial charge in [0.25, 0.3) is 5.92 Å². The van der Waals surface area contributed by atoms with Crippen molar-refractivity contribution in [2.45, 2.75) is 56.1 Å². The molecule has 2 rings (SSSR count). The van der Waals surface area contributed by atoms with Crippen molar-refractivity contribution in [2.75, 3.05) is 0 Å². The highest BCUT2D eigenvalue weighted by molar-refractivity contribution is 5.02. The third kappa shape index (κ3) is 1.77. The van der Waals surface area contributed by atoms with Crippen molar-refractivity contribution in [1.82, 2.24) is 0 Å². The summed E-state index contributed by atoms with van der Waals surface area (Å²) in [6.07, 6.45) is 2.91. The van der Waals surface area contributed by atoms with Crippen LogP contribution in [-0.2, 0) is 0 Å². The summed E-state index contributed by atoms with van der Waals surface area (Å²) in [5.41, 5.74) is 5.39. The number of hydrogen-bond acceptors (Lipinski definition) is 2. The molecule has 0 radical (unpaired) electrons. The molecule has 2 fully saturated rings. The second kappa shape index (κ2) is 3.14. The monoisotopic (exact) mass is 205 g/mol. The number of nitrogens with two attached hydrogens (primary N) is 1. The van der Waals surface area contributed by atoms with Crippen LogP contribution in [0.25, 0.3) is 0 Å². The van der Waals surface area contributed by atoms with Crippen molar-refractivity contribution in [1.29, 1.82) is 0 Å². The minimum absolute atomic E-state index is 0.0693. The highest BCUT2D eigenvalue weighted by Crippen LogP contribution is 2.52. The van der Waals surface area contributed by atoms with Gasteiger partial charge in [-0.05, 0) is 19.3 Å². The molecule has 0 aromatic rings. The van der Waals surface area contributed by atoms with Crippen LogP contribution in [0.5, 0.6) is 0 Å². The molecule has 2 aliphatic rings. The van der Waals surface area contributed by atoms with Gasteiger partial charge in [0.1, 0.15) is 0 Å². The van der Waals surface area contributed by atoms with Gasteiger partial charge in [-0.25, -0.2) is 8.78 Å². The van der Waals surface area contributed by atoms with Gasteiger partial charge in [-0.2, -0.15) is 0 Å². The van der Waals surface area contributed by atoms with E-state index in [0.717, 1.165) is 25.7 Å². The summed E-state index contributed by atoms with van der Waals surface area (Å²) >= 11 is 0. The second-order valence-corrected chi connectivity index (χ2v) is 4.85. The fourth-order valence-corrected chi connectivity index (χ4v) is 2.40. The van der Waals surface area contributed by atoms with Crippen molar-refractivity contribution < 1.29 is 13.9 Å². The SMILES string of the molecule is NC1(C(O)CC2CC2(F)F)CCCC1. The summed E-state index contributed by atoms with van der Waals surface area (Å²) in [6, 6.07) is 0. The molecule has 0 aromatic carbocycles. The van der Waals surface area contributed by atoms with E-state index < -0.39 is 23.5 Å². The molecule has 2 unspecified atom stereocenters. The summed E-state index contributed by atoms with van der Waals surface area (Å²) in [5, 5.41) is 9.79. The van der Waals surface area contributed by atoms with Crippen LogP contribution in [0.15, 0.2) is 0 Å². The molecule has 2 atom stereocenters. The fraction of sp³-hybridized carbons (Fsp3) is 1.00. The number of aliphatic hydroxyl groups is 1. The zero-order valence-electron chi connectivity index (χ0n) is 8.18. The first-order chi connectivity index (χ1) is 6.44. The summed E-state index contributed by atoms with van der Waals surface area (Å²) < 4.78 is 25.2. The lowest BCUT2D eigenvalue weighted by Gasteiger charge is -2.29. The summed E-state index contributed by atoms with van der Waals surface area (Å²) in [7, 11) is 0. The van der Waals surface area contributed by atoms with Crippen molar-refractivity contribution >= 4 is 0 Å². The fourth-order valence-electron chi connectivity index (χ4n) is 2.40. The Balaban J connectivity index is 1.86. The second-order valence-electron chi connectivity index (χ2n) is 4.85. The van der Waals surface area contributed by atoms with Crippen molar-refractivity contribution in [2.24, 2.45) is 11.7 Å². The molecule has 3 N–H and O–H groups in total. The van der Waals surface area contributed by atoms with Gasteiger partial charge in [-0.1, -0.05) is 12.8 Å². The maximum absolute atomic E-state index is 12.6. The first kappa shape index (κ1) is 10.3. The maximum Gasteiger partial charge on any atom is 0.251 e. The van der Waals surface area contributed by atoms with Crippen LogP contribution >= 0.6 is 0 Å². The van der Waals surface area contributed by atoms with Gasteiger partial charge < -0.3 is 10.8 Å². The molecule has 2 aliphatic carbocycles. The summed E-state index contributed by atoms with van der Waals surface area (Å²) in [6.45, 7) is 0. The maximum atomic E-state index is 12.6. The minimum atomic E-state index is -2.53. The summed E-state index contributed by atoms with van der Waals surface area (Å²) in [4.78, 5) is 0. The molecule has 0 heterocycles. The van der Waals surface area contributed by atoms with E-state index in [1.54, 1.807) is 0 Å². The smallest absolute Gasteiger partial charge is 0.251 e. The number of aliphatic hydroxyl groups excluding tert-OH is 1. The lowest BCUT2D eigenvalue weighted by atomic mass is 9.88. The first-order valence-corrected chi connectivity index (χ1v) is 5.29. The molecule has 2 saturated carbocycles. The average Bonchev–Trinajstić information content (AvgIpc) is 2.52. The average molecular weight is 205 g/mol. The molecular weight excluding hydrogens is 188 g/mol. The Kier molecular flexibility index (Phi) is 2.31. The van der Waals surface area contributed by atoms with Crippen LogP contribution in [-0.4, -0.2) is 22.7 Å².